The van der Waals surface area contributed by atoms with Crippen molar-refractivity contribution in [2.24, 2.45) is 11.1 Å². The second kappa shape index (κ2) is 4.70. The molecule has 2 heterocycles. The zero-order chi connectivity index (χ0) is 13.6. The molecule has 3 nitrogen and oxygen atoms in total. The quantitative estimate of drug-likeness (QED) is 0.897. The lowest BCUT2D eigenvalue weighted by molar-refractivity contribution is -0.0279. The molecule has 2 fully saturated rings. The first kappa shape index (κ1) is 13.3. The molecule has 2 saturated heterocycles. The average molecular weight is 286 g/mol. The van der Waals surface area contributed by atoms with Crippen LogP contribution in [0.1, 0.15) is 30.9 Å². The minimum atomic E-state index is -1.03. The normalized spacial score (nSPS) is 34.7. The molecule has 2 aliphatic rings. The van der Waals surface area contributed by atoms with Crippen LogP contribution in [0.2, 0.25) is 5.02 Å². The van der Waals surface area contributed by atoms with E-state index in [0.717, 1.165) is 12.8 Å². The van der Waals surface area contributed by atoms with E-state index in [1.165, 1.54) is 12.1 Å². The Labute approximate surface area is 116 Å². The Morgan fingerprint density at radius 2 is 2.32 bits per heavy atom. The summed E-state index contributed by atoms with van der Waals surface area (Å²) >= 11 is 6.04. The largest absolute Gasteiger partial charge is 0.388 e. The van der Waals surface area contributed by atoms with Crippen molar-refractivity contribution in [3.05, 3.63) is 34.6 Å². The third kappa shape index (κ3) is 1.89. The Morgan fingerprint density at radius 1 is 1.53 bits per heavy atom. The average Bonchev–Trinajstić information content (AvgIpc) is 2.99. The molecule has 19 heavy (non-hydrogen) atoms. The van der Waals surface area contributed by atoms with Gasteiger partial charge in [0.05, 0.1) is 18.3 Å². The van der Waals surface area contributed by atoms with E-state index in [1.807, 2.05) is 0 Å². The third-order valence-corrected chi connectivity index (χ3v) is 4.88. The molecule has 0 radical (unpaired) electrons. The fourth-order valence-corrected chi connectivity index (χ4v) is 3.77. The van der Waals surface area contributed by atoms with Gasteiger partial charge in [0.2, 0.25) is 0 Å². The third-order valence-electron chi connectivity index (χ3n) is 4.55. The molecule has 0 aromatic heterocycles. The maximum absolute atomic E-state index is 14.0. The summed E-state index contributed by atoms with van der Waals surface area (Å²) in [7, 11) is 0. The Balaban J connectivity index is 2.01. The fraction of sp³-hybridized carbons (Fsp3) is 0.571. The minimum Gasteiger partial charge on any atom is -0.388 e. The van der Waals surface area contributed by atoms with Gasteiger partial charge in [-0.2, -0.15) is 0 Å². The molecule has 2 bridgehead atoms. The zero-order valence-corrected chi connectivity index (χ0v) is 11.2. The molecule has 4 atom stereocenters. The summed E-state index contributed by atoms with van der Waals surface area (Å²) in [6.45, 7) is 0.264. The smallest absolute Gasteiger partial charge is 0.130 e. The van der Waals surface area contributed by atoms with Crippen LogP contribution in [0.3, 0.4) is 0 Å². The Kier molecular flexibility index (Phi) is 3.29. The van der Waals surface area contributed by atoms with E-state index >= 15 is 0 Å². The van der Waals surface area contributed by atoms with E-state index in [-0.39, 0.29) is 29.3 Å². The van der Waals surface area contributed by atoms with Crippen LogP contribution >= 0.6 is 11.6 Å². The molecule has 4 unspecified atom stereocenters. The number of aliphatic hydroxyl groups excluding tert-OH is 1. The first-order valence-corrected chi connectivity index (χ1v) is 6.94. The summed E-state index contributed by atoms with van der Waals surface area (Å²) in [4.78, 5) is 0. The maximum atomic E-state index is 14.0. The lowest BCUT2D eigenvalue weighted by Crippen LogP contribution is -2.45. The highest BCUT2D eigenvalue weighted by Crippen LogP contribution is 2.54. The Bertz CT molecular complexity index is 478. The fourth-order valence-electron chi connectivity index (χ4n) is 3.51. The van der Waals surface area contributed by atoms with Crippen molar-refractivity contribution in [1.29, 1.82) is 0 Å². The highest BCUT2D eigenvalue weighted by molar-refractivity contribution is 6.31. The van der Waals surface area contributed by atoms with Gasteiger partial charge in [-0.3, -0.25) is 0 Å². The van der Waals surface area contributed by atoms with Gasteiger partial charge in [-0.25, -0.2) is 4.39 Å². The number of rotatable bonds is 3. The van der Waals surface area contributed by atoms with Gasteiger partial charge in [-0.05, 0) is 31.4 Å². The number of hydrogen-bond donors (Lipinski definition) is 2. The second-order valence-corrected chi connectivity index (χ2v) is 5.91. The van der Waals surface area contributed by atoms with Crippen LogP contribution < -0.4 is 5.73 Å². The molecule has 1 aromatic rings. The van der Waals surface area contributed by atoms with Gasteiger partial charge in [0, 0.05) is 22.5 Å². The van der Waals surface area contributed by atoms with Crippen molar-refractivity contribution in [3.8, 4) is 0 Å². The molecule has 1 aromatic carbocycles. The lowest BCUT2D eigenvalue weighted by Gasteiger charge is -2.39. The highest BCUT2D eigenvalue weighted by Gasteiger charge is 2.56. The van der Waals surface area contributed by atoms with Crippen LogP contribution in [-0.4, -0.2) is 23.9 Å². The maximum Gasteiger partial charge on any atom is 0.130 e. The molecule has 0 amide bonds. The topological polar surface area (TPSA) is 55.5 Å². The van der Waals surface area contributed by atoms with Gasteiger partial charge in [-0.1, -0.05) is 17.7 Å². The molecule has 104 valence electrons. The van der Waals surface area contributed by atoms with Gasteiger partial charge in [0.15, 0.2) is 0 Å². The lowest BCUT2D eigenvalue weighted by atomic mass is 9.68. The van der Waals surface area contributed by atoms with Crippen LogP contribution in [0, 0.1) is 11.2 Å². The van der Waals surface area contributed by atoms with Crippen molar-refractivity contribution < 1.29 is 14.2 Å². The minimum absolute atomic E-state index is 0.104. The number of hydrogen-bond acceptors (Lipinski definition) is 3. The van der Waals surface area contributed by atoms with E-state index in [0.29, 0.717) is 6.42 Å². The number of halogens is 2. The number of fused-ring (bicyclic) bond motifs is 2. The molecule has 0 saturated carbocycles. The van der Waals surface area contributed by atoms with Crippen molar-refractivity contribution in [2.75, 3.05) is 6.54 Å². The molecule has 0 spiro atoms. The number of ether oxygens (including phenoxy) is 1. The summed E-state index contributed by atoms with van der Waals surface area (Å²) in [6, 6.07) is 4.42. The molecular weight excluding hydrogens is 269 g/mol. The van der Waals surface area contributed by atoms with Gasteiger partial charge < -0.3 is 15.6 Å². The molecule has 5 heteroatoms. The van der Waals surface area contributed by atoms with E-state index in [1.54, 1.807) is 6.07 Å². The van der Waals surface area contributed by atoms with E-state index in [2.05, 4.69) is 0 Å². The Hall–Kier alpha value is -0.680. The predicted octanol–water partition coefficient (Wildman–Crippen LogP) is 2.41. The van der Waals surface area contributed by atoms with Crippen LogP contribution in [0.15, 0.2) is 18.2 Å². The van der Waals surface area contributed by atoms with Crippen molar-refractivity contribution in [1.82, 2.24) is 0 Å². The summed E-state index contributed by atoms with van der Waals surface area (Å²) in [6.07, 6.45) is 1.53. The van der Waals surface area contributed by atoms with E-state index in [9.17, 15) is 9.50 Å². The summed E-state index contributed by atoms with van der Waals surface area (Å²) < 4.78 is 19.8. The molecule has 3 N–H and O–H groups in total. The molecule has 3 rings (SSSR count). The monoisotopic (exact) mass is 285 g/mol. The van der Waals surface area contributed by atoms with Gasteiger partial charge >= 0.3 is 0 Å². The zero-order valence-electron chi connectivity index (χ0n) is 10.5. The van der Waals surface area contributed by atoms with E-state index < -0.39 is 17.3 Å². The SMILES string of the molecule is NCC1(C(O)c2c(F)cccc2Cl)CC2CCC1O2. The van der Waals surface area contributed by atoms with Crippen LogP contribution in [-0.2, 0) is 4.74 Å². The van der Waals surface area contributed by atoms with Crippen LogP contribution in [0.5, 0.6) is 0 Å². The molecule has 2 aliphatic heterocycles. The molecular formula is C14H17ClFNO2. The van der Waals surface area contributed by atoms with Crippen molar-refractivity contribution in [3.63, 3.8) is 0 Å². The van der Waals surface area contributed by atoms with Crippen LogP contribution in [0.4, 0.5) is 4.39 Å². The number of benzene rings is 1. The number of nitrogens with two attached hydrogens (primary N) is 1. The van der Waals surface area contributed by atoms with Gasteiger partial charge in [-0.15, -0.1) is 0 Å². The number of aliphatic hydroxyl groups is 1. The first-order chi connectivity index (χ1) is 9.08. The first-order valence-electron chi connectivity index (χ1n) is 6.56. The second-order valence-electron chi connectivity index (χ2n) is 5.50. The van der Waals surface area contributed by atoms with Gasteiger partial charge in [0.25, 0.3) is 0 Å². The summed E-state index contributed by atoms with van der Waals surface area (Å²) in [5.41, 5.74) is 5.42. The molecule has 0 aliphatic carbocycles. The predicted molar refractivity (Wildman–Crippen MR) is 70.4 cm³/mol. The van der Waals surface area contributed by atoms with E-state index in [4.69, 9.17) is 22.1 Å². The summed E-state index contributed by atoms with van der Waals surface area (Å²) in [5, 5.41) is 10.9. The van der Waals surface area contributed by atoms with Gasteiger partial charge in [0.1, 0.15) is 5.82 Å². The highest BCUT2D eigenvalue weighted by atomic mass is 35.5. The standard InChI is InChI=1S/C14H17ClFNO2/c15-9-2-1-3-10(16)12(9)13(18)14(7-17)6-8-4-5-11(14)19-8/h1-3,8,11,13,18H,4-7,17H2. The van der Waals surface area contributed by atoms with Crippen LogP contribution in [0.25, 0.3) is 0 Å². The van der Waals surface area contributed by atoms with Crippen molar-refractivity contribution in [2.45, 2.75) is 37.6 Å². The Morgan fingerprint density at radius 3 is 2.84 bits per heavy atom. The summed E-state index contributed by atoms with van der Waals surface area (Å²) in [5.74, 6) is -0.490. The van der Waals surface area contributed by atoms with Crippen molar-refractivity contribution >= 4 is 11.6 Å².